The van der Waals surface area contributed by atoms with Gasteiger partial charge >= 0.3 is 11.9 Å². The summed E-state index contributed by atoms with van der Waals surface area (Å²) >= 11 is 0. The summed E-state index contributed by atoms with van der Waals surface area (Å²) in [6.07, 6.45) is 1.55. The predicted molar refractivity (Wildman–Crippen MR) is 91.3 cm³/mol. The molecular formula is C18H24N2O5. The van der Waals surface area contributed by atoms with Gasteiger partial charge in [0.2, 0.25) is 5.91 Å². The first-order chi connectivity index (χ1) is 11.8. The molecule has 0 saturated heterocycles. The number of rotatable bonds is 8. The highest BCUT2D eigenvalue weighted by Crippen LogP contribution is 2.25. The number of carboxylic acid groups (broad SMARTS) is 2. The van der Waals surface area contributed by atoms with E-state index in [1.807, 2.05) is 24.3 Å². The molecular weight excluding hydrogens is 324 g/mol. The maximum atomic E-state index is 12.8. The van der Waals surface area contributed by atoms with Crippen LogP contribution in [0.15, 0.2) is 24.3 Å². The molecule has 1 unspecified atom stereocenters. The van der Waals surface area contributed by atoms with Crippen LogP contribution < -0.4 is 5.32 Å². The number of carboxylic acids is 2. The molecule has 1 aliphatic rings. The lowest BCUT2D eigenvalue weighted by Gasteiger charge is -2.31. The third kappa shape index (κ3) is 4.57. The molecule has 1 aromatic carbocycles. The van der Waals surface area contributed by atoms with Crippen molar-refractivity contribution < 1.29 is 24.6 Å². The Kier molecular flexibility index (Phi) is 6.14. The highest BCUT2D eigenvalue weighted by atomic mass is 16.4. The number of fused-ring (bicyclic) bond motifs is 1. The van der Waals surface area contributed by atoms with Crippen molar-refractivity contribution in [2.45, 2.75) is 51.2 Å². The number of amides is 1. The van der Waals surface area contributed by atoms with Crippen molar-refractivity contribution in [3.8, 4) is 0 Å². The van der Waals surface area contributed by atoms with Crippen LogP contribution in [0.2, 0.25) is 0 Å². The quantitative estimate of drug-likeness (QED) is 0.645. The van der Waals surface area contributed by atoms with E-state index in [9.17, 15) is 19.5 Å². The minimum absolute atomic E-state index is 0.227. The fourth-order valence-electron chi connectivity index (χ4n) is 3.27. The van der Waals surface area contributed by atoms with E-state index in [4.69, 9.17) is 5.11 Å². The van der Waals surface area contributed by atoms with E-state index in [-0.39, 0.29) is 11.9 Å². The van der Waals surface area contributed by atoms with E-state index in [0.29, 0.717) is 19.3 Å². The van der Waals surface area contributed by atoms with Gasteiger partial charge in [0.1, 0.15) is 12.6 Å². The summed E-state index contributed by atoms with van der Waals surface area (Å²) in [4.78, 5) is 36.6. The second-order valence-electron chi connectivity index (χ2n) is 6.38. The number of nitrogens with one attached hydrogen (secondary N) is 1. The molecule has 1 aromatic rings. The summed E-state index contributed by atoms with van der Waals surface area (Å²) in [6.45, 7) is 2.89. The molecule has 0 bridgehead atoms. The van der Waals surface area contributed by atoms with Gasteiger partial charge in [-0.25, -0.2) is 0 Å². The number of hydrogen-bond acceptors (Lipinski definition) is 4. The van der Waals surface area contributed by atoms with Gasteiger partial charge in [0.25, 0.3) is 0 Å². The molecule has 0 fully saturated rings. The lowest BCUT2D eigenvalue weighted by molar-refractivity contribution is -0.147. The van der Waals surface area contributed by atoms with Gasteiger partial charge in [-0.1, -0.05) is 31.2 Å². The molecule has 7 nitrogen and oxygen atoms in total. The van der Waals surface area contributed by atoms with Crippen molar-refractivity contribution in [2.24, 2.45) is 0 Å². The maximum Gasteiger partial charge on any atom is 0.323 e. The SMILES string of the molecule is CCC(N[C@@H](C)C(=O)N(CC(=O)O)C1Cc2ccccc2C1)C(=O)O. The van der Waals surface area contributed by atoms with Gasteiger partial charge in [-0.2, -0.15) is 0 Å². The molecule has 0 heterocycles. The van der Waals surface area contributed by atoms with E-state index >= 15 is 0 Å². The van der Waals surface area contributed by atoms with E-state index in [0.717, 1.165) is 11.1 Å². The van der Waals surface area contributed by atoms with E-state index in [2.05, 4.69) is 5.32 Å². The summed E-state index contributed by atoms with van der Waals surface area (Å²) in [5.74, 6) is -2.50. The highest BCUT2D eigenvalue weighted by Gasteiger charge is 2.34. The second-order valence-corrected chi connectivity index (χ2v) is 6.38. The summed E-state index contributed by atoms with van der Waals surface area (Å²) in [5, 5.41) is 21.1. The maximum absolute atomic E-state index is 12.8. The van der Waals surface area contributed by atoms with E-state index in [1.165, 1.54) is 4.90 Å². The minimum atomic E-state index is -1.08. The van der Waals surface area contributed by atoms with Crippen LogP contribution in [0, 0.1) is 0 Å². The Hall–Kier alpha value is -2.41. The number of benzene rings is 1. The Morgan fingerprint density at radius 2 is 1.76 bits per heavy atom. The van der Waals surface area contributed by atoms with Gasteiger partial charge in [0, 0.05) is 6.04 Å². The largest absolute Gasteiger partial charge is 0.480 e. The average molecular weight is 348 g/mol. The Morgan fingerprint density at radius 3 is 2.20 bits per heavy atom. The molecule has 0 spiro atoms. The Balaban J connectivity index is 2.13. The molecule has 0 saturated carbocycles. The van der Waals surface area contributed by atoms with Crippen LogP contribution in [0.25, 0.3) is 0 Å². The number of carbonyl (C=O) groups excluding carboxylic acids is 1. The number of nitrogens with zero attached hydrogens (tertiary/aromatic N) is 1. The van der Waals surface area contributed by atoms with Crippen LogP contribution in [-0.4, -0.2) is 57.6 Å². The van der Waals surface area contributed by atoms with Crippen molar-refractivity contribution >= 4 is 17.8 Å². The molecule has 7 heteroatoms. The molecule has 25 heavy (non-hydrogen) atoms. The third-order valence-corrected chi connectivity index (χ3v) is 4.59. The monoisotopic (exact) mass is 348 g/mol. The topological polar surface area (TPSA) is 107 Å². The lowest BCUT2D eigenvalue weighted by Crippen LogP contribution is -2.54. The molecule has 1 amide bonds. The summed E-state index contributed by atoms with van der Waals surface area (Å²) in [7, 11) is 0. The third-order valence-electron chi connectivity index (χ3n) is 4.59. The second kappa shape index (κ2) is 8.11. The first-order valence-corrected chi connectivity index (χ1v) is 8.41. The van der Waals surface area contributed by atoms with Crippen LogP contribution >= 0.6 is 0 Å². The zero-order valence-corrected chi connectivity index (χ0v) is 14.4. The van der Waals surface area contributed by atoms with Gasteiger partial charge in [-0.05, 0) is 37.3 Å². The minimum Gasteiger partial charge on any atom is -0.480 e. The van der Waals surface area contributed by atoms with Crippen LogP contribution in [0.5, 0.6) is 0 Å². The number of hydrogen-bond donors (Lipinski definition) is 3. The molecule has 0 radical (unpaired) electrons. The summed E-state index contributed by atoms with van der Waals surface area (Å²) < 4.78 is 0. The molecule has 2 atom stereocenters. The first-order valence-electron chi connectivity index (χ1n) is 8.41. The van der Waals surface area contributed by atoms with Crippen LogP contribution in [0.1, 0.15) is 31.4 Å². The fourth-order valence-corrected chi connectivity index (χ4v) is 3.27. The zero-order chi connectivity index (χ0) is 18.6. The van der Waals surface area contributed by atoms with Crippen molar-refractivity contribution in [2.75, 3.05) is 6.54 Å². The summed E-state index contributed by atoms with van der Waals surface area (Å²) in [5.41, 5.74) is 2.24. The Morgan fingerprint density at radius 1 is 1.20 bits per heavy atom. The van der Waals surface area contributed by atoms with Crippen molar-refractivity contribution in [3.05, 3.63) is 35.4 Å². The lowest BCUT2D eigenvalue weighted by atomic mass is 10.1. The van der Waals surface area contributed by atoms with Crippen molar-refractivity contribution in [1.29, 1.82) is 0 Å². The number of aliphatic carboxylic acids is 2. The first kappa shape index (κ1) is 18.9. The van der Waals surface area contributed by atoms with E-state index in [1.54, 1.807) is 13.8 Å². The van der Waals surface area contributed by atoms with E-state index < -0.39 is 30.6 Å². The van der Waals surface area contributed by atoms with Gasteiger partial charge in [-0.3, -0.25) is 19.7 Å². The van der Waals surface area contributed by atoms with Crippen LogP contribution in [-0.2, 0) is 27.2 Å². The zero-order valence-electron chi connectivity index (χ0n) is 14.4. The van der Waals surface area contributed by atoms with Crippen LogP contribution in [0.3, 0.4) is 0 Å². The average Bonchev–Trinajstić information content (AvgIpc) is 2.99. The summed E-state index contributed by atoms with van der Waals surface area (Å²) in [6, 6.07) is 5.97. The van der Waals surface area contributed by atoms with Crippen LogP contribution in [0.4, 0.5) is 0 Å². The van der Waals surface area contributed by atoms with Crippen molar-refractivity contribution in [1.82, 2.24) is 10.2 Å². The standard InChI is InChI=1S/C18H24N2O5/c1-3-15(18(24)25)19-11(2)17(23)20(10-16(21)22)14-8-12-6-4-5-7-13(12)9-14/h4-7,11,14-15,19H,3,8-10H2,1-2H3,(H,21,22)(H,24,25)/t11-,15?/m0/s1. The molecule has 1 aliphatic carbocycles. The normalized spacial score (nSPS) is 16.1. The Labute approximate surface area is 146 Å². The molecule has 0 aromatic heterocycles. The van der Waals surface area contributed by atoms with Gasteiger partial charge in [-0.15, -0.1) is 0 Å². The van der Waals surface area contributed by atoms with Gasteiger partial charge in [0.05, 0.1) is 6.04 Å². The fraction of sp³-hybridized carbons (Fsp3) is 0.500. The van der Waals surface area contributed by atoms with Gasteiger partial charge < -0.3 is 15.1 Å². The predicted octanol–water partition coefficient (Wildman–Crippen LogP) is 0.908. The molecule has 3 N–H and O–H groups in total. The number of carbonyl (C=O) groups is 3. The highest BCUT2D eigenvalue weighted by molar-refractivity contribution is 5.86. The van der Waals surface area contributed by atoms with Crippen molar-refractivity contribution in [3.63, 3.8) is 0 Å². The van der Waals surface area contributed by atoms with Gasteiger partial charge in [0.15, 0.2) is 0 Å². The molecule has 136 valence electrons. The molecule has 2 rings (SSSR count). The Bertz CT molecular complexity index is 636. The smallest absolute Gasteiger partial charge is 0.323 e. The molecule has 0 aliphatic heterocycles.